The first-order valence-electron chi connectivity index (χ1n) is 9.15. The van der Waals surface area contributed by atoms with E-state index in [1.54, 1.807) is 36.4 Å². The summed E-state index contributed by atoms with van der Waals surface area (Å²) in [4.78, 5) is 12.4. The van der Waals surface area contributed by atoms with Crippen LogP contribution in [0.1, 0.15) is 17.4 Å². The van der Waals surface area contributed by atoms with Crippen molar-refractivity contribution in [1.82, 2.24) is 10.5 Å². The molecule has 0 saturated heterocycles. The number of hydrogen-bond acceptors (Lipinski definition) is 6. The maximum absolute atomic E-state index is 12.4. The van der Waals surface area contributed by atoms with Gasteiger partial charge in [0, 0.05) is 16.7 Å². The fourth-order valence-corrected chi connectivity index (χ4v) is 2.96. The zero-order valence-corrected chi connectivity index (χ0v) is 16.4. The summed E-state index contributed by atoms with van der Waals surface area (Å²) in [6, 6.07) is 14.1. The standard InChI is InChI=1S/C21H19ClN2O5/c1-13(28-16-5-3-15(22)4-6-16)12-23-21(25)17-11-19(29-24-17)14-2-7-18-20(10-14)27-9-8-26-18/h2-7,10-11,13H,8-9,12H2,1H3,(H,23,25)/t13-/m0/s1. The number of benzene rings is 2. The Morgan fingerprint density at radius 1 is 1.14 bits per heavy atom. The van der Waals surface area contributed by atoms with Gasteiger partial charge in [-0.1, -0.05) is 16.8 Å². The molecule has 1 aliphatic heterocycles. The highest BCUT2D eigenvalue weighted by atomic mass is 35.5. The minimum absolute atomic E-state index is 0.189. The van der Waals surface area contributed by atoms with Crippen LogP contribution in [0.2, 0.25) is 5.02 Å². The number of amides is 1. The van der Waals surface area contributed by atoms with Crippen molar-refractivity contribution in [3.8, 4) is 28.6 Å². The molecular weight excluding hydrogens is 396 g/mol. The molecule has 2 aromatic carbocycles. The van der Waals surface area contributed by atoms with Gasteiger partial charge in [0.25, 0.3) is 5.91 Å². The molecule has 0 saturated carbocycles. The Morgan fingerprint density at radius 2 is 1.90 bits per heavy atom. The van der Waals surface area contributed by atoms with E-state index >= 15 is 0 Å². The van der Waals surface area contributed by atoms with Gasteiger partial charge in [-0.3, -0.25) is 4.79 Å². The largest absolute Gasteiger partial charge is 0.489 e. The van der Waals surface area contributed by atoms with Gasteiger partial charge in [0.05, 0.1) is 6.54 Å². The van der Waals surface area contributed by atoms with Crippen LogP contribution in [-0.4, -0.2) is 36.9 Å². The first-order chi connectivity index (χ1) is 14.1. The lowest BCUT2D eigenvalue weighted by atomic mass is 10.1. The highest BCUT2D eigenvalue weighted by Crippen LogP contribution is 2.34. The molecular formula is C21H19ClN2O5. The number of fused-ring (bicyclic) bond motifs is 1. The summed E-state index contributed by atoms with van der Waals surface area (Å²) in [5, 5.41) is 7.29. The van der Waals surface area contributed by atoms with Gasteiger partial charge >= 0.3 is 0 Å². The highest BCUT2D eigenvalue weighted by Gasteiger charge is 2.17. The van der Waals surface area contributed by atoms with E-state index in [2.05, 4.69) is 10.5 Å². The van der Waals surface area contributed by atoms with Crippen molar-refractivity contribution in [3.63, 3.8) is 0 Å². The van der Waals surface area contributed by atoms with Crippen molar-refractivity contribution in [2.75, 3.05) is 19.8 Å². The number of hydrogen-bond donors (Lipinski definition) is 1. The SMILES string of the molecule is C[C@@H](CNC(=O)c1cc(-c2ccc3c(c2)OCCO3)on1)Oc1ccc(Cl)cc1. The van der Waals surface area contributed by atoms with Crippen LogP contribution in [-0.2, 0) is 0 Å². The minimum Gasteiger partial charge on any atom is -0.489 e. The number of nitrogens with one attached hydrogen (secondary N) is 1. The Bertz CT molecular complexity index is 1000. The average molecular weight is 415 g/mol. The molecule has 0 bridgehead atoms. The van der Waals surface area contributed by atoms with Crippen LogP contribution in [0.5, 0.6) is 17.2 Å². The number of carbonyl (C=O) groups is 1. The smallest absolute Gasteiger partial charge is 0.273 e. The number of halogens is 1. The monoisotopic (exact) mass is 414 g/mol. The van der Waals surface area contributed by atoms with Crippen LogP contribution in [0.3, 0.4) is 0 Å². The Kier molecular flexibility index (Phi) is 5.57. The molecule has 0 spiro atoms. The van der Waals surface area contributed by atoms with E-state index in [1.807, 2.05) is 19.1 Å². The maximum atomic E-state index is 12.4. The van der Waals surface area contributed by atoms with Crippen LogP contribution >= 0.6 is 11.6 Å². The van der Waals surface area contributed by atoms with Crippen molar-refractivity contribution in [3.05, 3.63) is 59.2 Å². The van der Waals surface area contributed by atoms with Gasteiger partial charge in [-0.15, -0.1) is 0 Å². The molecule has 1 amide bonds. The number of carbonyl (C=O) groups excluding carboxylic acids is 1. The molecule has 0 fully saturated rings. The zero-order chi connectivity index (χ0) is 20.2. The summed E-state index contributed by atoms with van der Waals surface area (Å²) in [6.07, 6.45) is -0.232. The average Bonchev–Trinajstić information content (AvgIpc) is 3.24. The molecule has 3 aromatic rings. The van der Waals surface area contributed by atoms with Crippen LogP contribution in [0, 0.1) is 0 Å². The van der Waals surface area contributed by atoms with Crippen LogP contribution in [0.25, 0.3) is 11.3 Å². The maximum Gasteiger partial charge on any atom is 0.273 e. The molecule has 1 N–H and O–H groups in total. The topological polar surface area (TPSA) is 82.8 Å². The minimum atomic E-state index is -0.343. The zero-order valence-electron chi connectivity index (χ0n) is 15.7. The quantitative estimate of drug-likeness (QED) is 0.657. The van der Waals surface area contributed by atoms with Crippen LogP contribution in [0.4, 0.5) is 0 Å². The fourth-order valence-electron chi connectivity index (χ4n) is 2.83. The summed E-state index contributed by atoms with van der Waals surface area (Å²) < 4.78 is 22.1. The van der Waals surface area contributed by atoms with E-state index < -0.39 is 0 Å². The van der Waals surface area contributed by atoms with Gasteiger partial charge in [0.1, 0.15) is 25.1 Å². The normalized spacial score (nSPS) is 13.6. The second-order valence-electron chi connectivity index (χ2n) is 6.53. The molecule has 150 valence electrons. The van der Waals surface area contributed by atoms with E-state index in [-0.39, 0.29) is 17.7 Å². The lowest BCUT2D eigenvalue weighted by molar-refractivity contribution is 0.0923. The second-order valence-corrected chi connectivity index (χ2v) is 6.96. The number of rotatable bonds is 6. The van der Waals surface area contributed by atoms with Gasteiger partial charge in [-0.05, 0) is 49.4 Å². The molecule has 0 aliphatic carbocycles. The predicted octanol–water partition coefficient (Wildman–Crippen LogP) is 3.96. The van der Waals surface area contributed by atoms with Crippen molar-refractivity contribution in [2.24, 2.45) is 0 Å². The van der Waals surface area contributed by atoms with E-state index in [9.17, 15) is 4.79 Å². The summed E-state index contributed by atoms with van der Waals surface area (Å²) in [5.74, 6) is 2.14. The third kappa shape index (κ3) is 4.63. The predicted molar refractivity (Wildman–Crippen MR) is 107 cm³/mol. The van der Waals surface area contributed by atoms with Crippen molar-refractivity contribution in [1.29, 1.82) is 0 Å². The highest BCUT2D eigenvalue weighted by molar-refractivity contribution is 6.30. The molecule has 4 rings (SSSR count). The lowest BCUT2D eigenvalue weighted by Crippen LogP contribution is -2.33. The summed E-state index contributed by atoms with van der Waals surface area (Å²) in [7, 11) is 0. The summed E-state index contributed by atoms with van der Waals surface area (Å²) in [6.45, 7) is 3.20. The molecule has 1 atom stereocenters. The number of nitrogens with zero attached hydrogens (tertiary/aromatic N) is 1. The van der Waals surface area contributed by atoms with Gasteiger partial charge in [-0.2, -0.15) is 0 Å². The molecule has 0 radical (unpaired) electrons. The Hall–Kier alpha value is -3.19. The number of ether oxygens (including phenoxy) is 3. The molecule has 8 heteroatoms. The Labute approximate surface area is 172 Å². The van der Waals surface area contributed by atoms with Gasteiger partial charge in [0.2, 0.25) is 0 Å². The molecule has 29 heavy (non-hydrogen) atoms. The van der Waals surface area contributed by atoms with Gasteiger partial charge < -0.3 is 24.1 Å². The summed E-state index contributed by atoms with van der Waals surface area (Å²) in [5.41, 5.74) is 0.939. The number of aromatic nitrogens is 1. The van der Waals surface area contributed by atoms with E-state index in [1.165, 1.54) is 0 Å². The lowest BCUT2D eigenvalue weighted by Gasteiger charge is -2.18. The first kappa shape index (κ1) is 19.1. The van der Waals surface area contributed by atoms with Gasteiger partial charge in [-0.25, -0.2) is 0 Å². The van der Waals surface area contributed by atoms with Crippen molar-refractivity contribution >= 4 is 17.5 Å². The van der Waals surface area contributed by atoms with Crippen molar-refractivity contribution in [2.45, 2.75) is 13.0 Å². The summed E-state index contributed by atoms with van der Waals surface area (Å²) >= 11 is 5.86. The van der Waals surface area contributed by atoms with Crippen LogP contribution < -0.4 is 19.5 Å². The fraction of sp³-hybridized carbons (Fsp3) is 0.238. The van der Waals surface area contributed by atoms with E-state index in [0.717, 1.165) is 5.56 Å². The molecule has 7 nitrogen and oxygen atoms in total. The third-order valence-electron chi connectivity index (χ3n) is 4.27. The third-order valence-corrected chi connectivity index (χ3v) is 4.52. The van der Waals surface area contributed by atoms with Gasteiger partial charge in [0.15, 0.2) is 23.0 Å². The van der Waals surface area contributed by atoms with E-state index in [4.69, 9.17) is 30.3 Å². The molecule has 0 unspecified atom stereocenters. The van der Waals surface area contributed by atoms with Crippen molar-refractivity contribution < 1.29 is 23.5 Å². The van der Waals surface area contributed by atoms with Crippen LogP contribution in [0.15, 0.2) is 53.1 Å². The Morgan fingerprint density at radius 3 is 2.69 bits per heavy atom. The first-order valence-corrected chi connectivity index (χ1v) is 9.53. The molecule has 1 aliphatic rings. The second kappa shape index (κ2) is 8.45. The Balaban J connectivity index is 1.35. The molecule has 1 aromatic heterocycles. The van der Waals surface area contributed by atoms with E-state index in [0.29, 0.717) is 47.8 Å². The molecule has 2 heterocycles.